The first-order valence-corrected chi connectivity index (χ1v) is 8.33. The Morgan fingerprint density at radius 3 is 2.15 bits per heavy atom. The molecule has 0 bridgehead atoms. The molecule has 0 saturated heterocycles. The van der Waals surface area contributed by atoms with Crippen molar-refractivity contribution in [3.8, 4) is 28.5 Å². The number of fused-ring (bicyclic) bond motifs is 3. The molecule has 0 radical (unpaired) electrons. The largest absolute Gasteiger partial charge is 0.479 e. The minimum Gasteiger partial charge on any atom is -0.479 e. The van der Waals surface area contributed by atoms with E-state index in [1.807, 2.05) is 78.9 Å². The Morgan fingerprint density at radius 2 is 1.31 bits per heavy atom. The molecule has 0 amide bonds. The third-order valence-electron chi connectivity index (χ3n) is 4.46. The lowest BCUT2D eigenvalue weighted by molar-refractivity contribution is 0.432. The van der Waals surface area contributed by atoms with Gasteiger partial charge in [-0.25, -0.2) is 0 Å². The second kappa shape index (κ2) is 5.70. The number of rotatable bonds is 2. The lowest BCUT2D eigenvalue weighted by Crippen LogP contribution is -1.91. The van der Waals surface area contributed by atoms with Gasteiger partial charge in [0.25, 0.3) is 0 Å². The highest BCUT2D eigenvalue weighted by molar-refractivity contribution is 6.06. The highest BCUT2D eigenvalue weighted by Crippen LogP contribution is 2.33. The fourth-order valence-electron chi connectivity index (χ4n) is 3.22. The number of hydrogen-bond acceptors (Lipinski definition) is 4. The quantitative estimate of drug-likeness (QED) is 0.467. The molecule has 0 atom stereocenters. The van der Waals surface area contributed by atoms with Crippen molar-refractivity contribution in [1.82, 2.24) is 9.97 Å². The number of aromatic hydroxyl groups is 1. The van der Waals surface area contributed by atoms with Gasteiger partial charge in [-0.2, -0.15) is 9.97 Å². The minimum absolute atomic E-state index is 0.237. The van der Waals surface area contributed by atoms with Gasteiger partial charge in [0.1, 0.15) is 11.2 Å². The van der Waals surface area contributed by atoms with Crippen molar-refractivity contribution in [2.75, 3.05) is 0 Å². The normalized spacial score (nSPS) is 11.2. The van der Waals surface area contributed by atoms with Gasteiger partial charge in [0, 0.05) is 21.9 Å². The van der Waals surface area contributed by atoms with E-state index in [-0.39, 0.29) is 6.01 Å². The fourth-order valence-corrected chi connectivity index (χ4v) is 3.22. The number of furan rings is 1. The van der Waals surface area contributed by atoms with Crippen LogP contribution in [0.2, 0.25) is 0 Å². The first-order chi connectivity index (χ1) is 12.8. The second-order valence-electron chi connectivity index (χ2n) is 6.11. The Labute approximate surface area is 149 Å². The highest BCUT2D eigenvalue weighted by Gasteiger charge is 2.11. The maximum atomic E-state index is 10.0. The van der Waals surface area contributed by atoms with E-state index in [1.54, 1.807) is 0 Å². The van der Waals surface area contributed by atoms with Crippen molar-refractivity contribution in [1.29, 1.82) is 0 Å². The summed E-state index contributed by atoms with van der Waals surface area (Å²) >= 11 is 0. The second-order valence-corrected chi connectivity index (χ2v) is 6.11. The summed E-state index contributed by atoms with van der Waals surface area (Å²) in [6.45, 7) is 0. The Hall–Kier alpha value is -3.66. The van der Waals surface area contributed by atoms with Crippen LogP contribution in [0, 0.1) is 0 Å². The molecule has 2 heterocycles. The van der Waals surface area contributed by atoms with Crippen molar-refractivity contribution >= 4 is 21.9 Å². The van der Waals surface area contributed by atoms with Crippen LogP contribution in [0.4, 0.5) is 0 Å². The summed E-state index contributed by atoms with van der Waals surface area (Å²) in [6.07, 6.45) is 0. The Kier molecular flexibility index (Phi) is 3.22. The highest BCUT2D eigenvalue weighted by atomic mass is 16.3. The van der Waals surface area contributed by atoms with Crippen molar-refractivity contribution < 1.29 is 9.52 Å². The SMILES string of the molecule is Oc1nc(-c2ccccc2)cc(-c2ccc3oc4ccccc4c3c2)n1. The summed E-state index contributed by atoms with van der Waals surface area (Å²) in [5.41, 5.74) is 4.88. The van der Waals surface area contributed by atoms with E-state index in [0.717, 1.165) is 33.1 Å². The number of aromatic nitrogens is 2. The molecule has 0 spiro atoms. The van der Waals surface area contributed by atoms with Crippen LogP contribution in [0.3, 0.4) is 0 Å². The predicted octanol–water partition coefficient (Wildman–Crippen LogP) is 5.42. The average molecular weight is 338 g/mol. The predicted molar refractivity (Wildman–Crippen MR) is 102 cm³/mol. The molecule has 124 valence electrons. The van der Waals surface area contributed by atoms with E-state index in [0.29, 0.717) is 11.4 Å². The van der Waals surface area contributed by atoms with Crippen LogP contribution in [-0.2, 0) is 0 Å². The molecule has 4 heteroatoms. The van der Waals surface area contributed by atoms with E-state index < -0.39 is 0 Å². The Balaban J connectivity index is 1.70. The van der Waals surface area contributed by atoms with Gasteiger partial charge in [-0.1, -0.05) is 48.5 Å². The molecule has 1 N–H and O–H groups in total. The van der Waals surface area contributed by atoms with Gasteiger partial charge in [0.05, 0.1) is 11.4 Å². The molecule has 0 aliphatic carbocycles. The molecule has 0 fully saturated rings. The van der Waals surface area contributed by atoms with Crippen LogP contribution >= 0.6 is 0 Å². The van der Waals surface area contributed by atoms with Crippen LogP contribution < -0.4 is 0 Å². The number of para-hydroxylation sites is 1. The average Bonchev–Trinajstić information content (AvgIpc) is 3.06. The number of nitrogens with zero attached hydrogens (tertiary/aromatic N) is 2. The van der Waals surface area contributed by atoms with Gasteiger partial charge in [-0.05, 0) is 30.3 Å². The molecule has 4 nitrogen and oxygen atoms in total. The van der Waals surface area contributed by atoms with E-state index >= 15 is 0 Å². The lowest BCUT2D eigenvalue weighted by Gasteiger charge is -2.06. The molecule has 2 aromatic heterocycles. The smallest absolute Gasteiger partial charge is 0.314 e. The zero-order chi connectivity index (χ0) is 17.5. The molecular formula is C22H14N2O2. The van der Waals surface area contributed by atoms with E-state index in [2.05, 4.69) is 9.97 Å². The summed E-state index contributed by atoms with van der Waals surface area (Å²) in [7, 11) is 0. The standard InChI is InChI=1S/C22H14N2O2/c25-22-23-18(14-6-2-1-3-7-14)13-19(24-22)15-10-11-21-17(12-15)16-8-4-5-9-20(16)26-21/h1-13H,(H,23,24,25). The molecule has 0 aliphatic rings. The van der Waals surface area contributed by atoms with Gasteiger partial charge in [0.15, 0.2) is 0 Å². The van der Waals surface area contributed by atoms with Gasteiger partial charge in [0.2, 0.25) is 0 Å². The molecular weight excluding hydrogens is 324 g/mol. The van der Waals surface area contributed by atoms with Crippen LogP contribution in [0.25, 0.3) is 44.5 Å². The summed E-state index contributed by atoms with van der Waals surface area (Å²) in [4.78, 5) is 8.37. The summed E-state index contributed by atoms with van der Waals surface area (Å²) in [5.74, 6) is 0. The number of benzene rings is 3. The first-order valence-electron chi connectivity index (χ1n) is 8.33. The zero-order valence-electron chi connectivity index (χ0n) is 13.8. The van der Waals surface area contributed by atoms with Crippen molar-refractivity contribution in [2.45, 2.75) is 0 Å². The third-order valence-corrected chi connectivity index (χ3v) is 4.46. The molecule has 0 aliphatic heterocycles. The third kappa shape index (κ3) is 2.40. The fraction of sp³-hybridized carbons (Fsp3) is 0. The van der Waals surface area contributed by atoms with Crippen molar-refractivity contribution in [3.05, 3.63) is 78.9 Å². The van der Waals surface area contributed by atoms with Gasteiger partial charge in [-0.15, -0.1) is 0 Å². The van der Waals surface area contributed by atoms with Crippen LogP contribution in [0.15, 0.2) is 83.3 Å². The Morgan fingerprint density at radius 1 is 0.615 bits per heavy atom. The molecule has 0 unspecified atom stereocenters. The Bertz CT molecular complexity index is 1240. The first kappa shape index (κ1) is 14.7. The zero-order valence-corrected chi connectivity index (χ0v) is 13.8. The number of hydrogen-bond donors (Lipinski definition) is 1. The van der Waals surface area contributed by atoms with Crippen molar-refractivity contribution in [2.24, 2.45) is 0 Å². The van der Waals surface area contributed by atoms with Crippen molar-refractivity contribution in [3.63, 3.8) is 0 Å². The van der Waals surface area contributed by atoms with E-state index in [1.165, 1.54) is 0 Å². The maximum Gasteiger partial charge on any atom is 0.314 e. The molecule has 3 aromatic carbocycles. The van der Waals surface area contributed by atoms with Gasteiger partial charge >= 0.3 is 6.01 Å². The summed E-state index contributed by atoms with van der Waals surface area (Å²) in [5, 5.41) is 12.1. The van der Waals surface area contributed by atoms with Crippen LogP contribution in [0.5, 0.6) is 6.01 Å². The van der Waals surface area contributed by atoms with Crippen LogP contribution in [0.1, 0.15) is 0 Å². The van der Waals surface area contributed by atoms with Gasteiger partial charge in [-0.3, -0.25) is 0 Å². The van der Waals surface area contributed by atoms with E-state index in [4.69, 9.17) is 4.42 Å². The monoisotopic (exact) mass is 338 g/mol. The molecule has 0 saturated carbocycles. The minimum atomic E-state index is -0.237. The lowest BCUT2D eigenvalue weighted by atomic mass is 10.0. The van der Waals surface area contributed by atoms with E-state index in [9.17, 15) is 5.11 Å². The van der Waals surface area contributed by atoms with Gasteiger partial charge < -0.3 is 9.52 Å². The molecule has 5 rings (SSSR count). The summed E-state index contributed by atoms with van der Waals surface area (Å²) < 4.78 is 5.88. The topological polar surface area (TPSA) is 59.2 Å². The summed E-state index contributed by atoms with van der Waals surface area (Å²) in [6, 6.07) is 25.3. The molecule has 26 heavy (non-hydrogen) atoms. The maximum absolute atomic E-state index is 10.0. The molecule has 5 aromatic rings. The van der Waals surface area contributed by atoms with Crippen LogP contribution in [-0.4, -0.2) is 15.1 Å².